The number of nitrogens with zero attached hydrogens (tertiary/aromatic N) is 1. The lowest BCUT2D eigenvalue weighted by Crippen LogP contribution is -2.67. The van der Waals surface area contributed by atoms with Crippen LogP contribution in [-0.2, 0) is 23.9 Å². The van der Waals surface area contributed by atoms with Crippen molar-refractivity contribution in [2.45, 2.75) is 184 Å². The van der Waals surface area contributed by atoms with Gasteiger partial charge in [0.2, 0.25) is 11.8 Å². The van der Waals surface area contributed by atoms with Gasteiger partial charge < -0.3 is 20.1 Å². The number of aliphatic carboxylic acids is 1. The fourth-order valence-corrected chi connectivity index (χ4v) is 14.3. The molecule has 300 valence electrons. The SMILES string of the molecule is CC(C)C(CCC(=O)N1CCCCC1)NC(=O)C12CCCC1C1CCC3C4(C)CCC(OC(=O)CC(C)(C)C(=O)O)C(C)(C)C4CCC3(C)C1(C)CC2. The number of carboxylic acid groups (broad SMARTS) is 1. The Bertz CT molecular complexity index is 1420. The number of hydrogen-bond acceptors (Lipinski definition) is 5. The lowest BCUT2D eigenvalue weighted by atomic mass is 9.32. The number of carbonyl (C=O) groups is 4. The molecular weight excluding hydrogens is 665 g/mol. The van der Waals surface area contributed by atoms with Crippen molar-refractivity contribution in [1.82, 2.24) is 10.2 Å². The van der Waals surface area contributed by atoms with Crippen LogP contribution < -0.4 is 5.32 Å². The Kier molecular flexibility index (Phi) is 11.0. The highest BCUT2D eigenvalue weighted by Gasteiger charge is 2.71. The first-order valence-electron chi connectivity index (χ1n) is 21.7. The molecule has 0 aromatic heterocycles. The third kappa shape index (κ3) is 6.78. The van der Waals surface area contributed by atoms with Crippen LogP contribution in [0.3, 0.4) is 0 Å². The molecule has 0 spiro atoms. The Morgan fingerprint density at radius 2 is 1.49 bits per heavy atom. The van der Waals surface area contributed by atoms with Crippen LogP contribution in [0.15, 0.2) is 0 Å². The van der Waals surface area contributed by atoms with Crippen LogP contribution in [0.2, 0.25) is 0 Å². The number of ether oxygens (including phenoxy) is 1. The van der Waals surface area contributed by atoms with E-state index in [1.807, 2.05) is 4.90 Å². The van der Waals surface area contributed by atoms with Crippen molar-refractivity contribution in [2.24, 2.45) is 62.1 Å². The molecule has 2 amide bonds. The Labute approximate surface area is 321 Å². The number of rotatable bonds is 10. The smallest absolute Gasteiger partial charge is 0.309 e. The predicted octanol–water partition coefficient (Wildman–Crippen LogP) is 9.19. The maximum atomic E-state index is 14.7. The Balaban J connectivity index is 1.16. The summed E-state index contributed by atoms with van der Waals surface area (Å²) in [5.74, 6) is 1.37. The number of fused-ring (bicyclic) bond motifs is 7. The van der Waals surface area contributed by atoms with Crippen molar-refractivity contribution >= 4 is 23.8 Å². The summed E-state index contributed by atoms with van der Waals surface area (Å²) in [6.07, 6.45) is 16.1. The van der Waals surface area contributed by atoms with Gasteiger partial charge in [0.15, 0.2) is 0 Å². The van der Waals surface area contributed by atoms with Gasteiger partial charge >= 0.3 is 11.9 Å². The topological polar surface area (TPSA) is 113 Å². The molecule has 10 unspecified atom stereocenters. The zero-order valence-electron chi connectivity index (χ0n) is 34.9. The molecule has 0 aromatic carbocycles. The van der Waals surface area contributed by atoms with Gasteiger partial charge in [-0.15, -0.1) is 0 Å². The standard InChI is InChI=1S/C45H74N2O6/c1-29(2)32(16-18-36(48)47-26-11-10-12-27-47)46-38(50)45-21-13-14-31(45)30-15-17-34-42(7)22-20-35(53-37(49)28-40(3,4)39(51)52)41(5,6)33(42)19-23-44(34,9)43(30,8)24-25-45/h29-35H,10-28H2,1-9H3,(H,46,50)(H,51,52). The molecule has 5 aliphatic carbocycles. The summed E-state index contributed by atoms with van der Waals surface area (Å²) in [4.78, 5) is 54.6. The van der Waals surface area contributed by atoms with E-state index in [4.69, 9.17) is 4.74 Å². The molecule has 53 heavy (non-hydrogen) atoms. The third-order valence-corrected chi connectivity index (χ3v) is 17.7. The van der Waals surface area contributed by atoms with Crippen LogP contribution in [0.25, 0.3) is 0 Å². The van der Waals surface area contributed by atoms with E-state index in [0.29, 0.717) is 30.1 Å². The molecule has 0 bridgehead atoms. The fourth-order valence-electron chi connectivity index (χ4n) is 14.3. The van der Waals surface area contributed by atoms with Crippen LogP contribution in [0, 0.1) is 62.1 Å². The second kappa shape index (κ2) is 14.4. The third-order valence-electron chi connectivity index (χ3n) is 17.7. The minimum Gasteiger partial charge on any atom is -0.481 e. The van der Waals surface area contributed by atoms with Gasteiger partial charge in [0.05, 0.1) is 17.3 Å². The highest BCUT2D eigenvalue weighted by Crippen LogP contribution is 2.77. The molecule has 6 rings (SSSR count). The first kappa shape index (κ1) is 40.5. The molecule has 8 heteroatoms. The number of piperidine rings is 1. The Hall–Kier alpha value is -2.12. The molecule has 5 saturated carbocycles. The number of likely N-dealkylation sites (tertiary alicyclic amines) is 1. The summed E-state index contributed by atoms with van der Waals surface area (Å²) >= 11 is 0. The number of esters is 1. The van der Waals surface area contributed by atoms with Crippen molar-refractivity contribution in [3.63, 3.8) is 0 Å². The van der Waals surface area contributed by atoms with Gasteiger partial charge in [0.1, 0.15) is 6.10 Å². The van der Waals surface area contributed by atoms with E-state index >= 15 is 0 Å². The average molecular weight is 739 g/mol. The summed E-state index contributed by atoms with van der Waals surface area (Å²) in [5.41, 5.74) is -1.18. The average Bonchev–Trinajstić information content (AvgIpc) is 3.53. The second-order valence-electron chi connectivity index (χ2n) is 21.3. The van der Waals surface area contributed by atoms with Gasteiger partial charge in [0, 0.05) is 31.0 Å². The summed E-state index contributed by atoms with van der Waals surface area (Å²) in [7, 11) is 0. The largest absolute Gasteiger partial charge is 0.481 e. The van der Waals surface area contributed by atoms with Crippen LogP contribution >= 0.6 is 0 Å². The van der Waals surface area contributed by atoms with E-state index in [2.05, 4.69) is 53.8 Å². The Morgan fingerprint density at radius 1 is 0.792 bits per heavy atom. The quantitative estimate of drug-likeness (QED) is 0.216. The van der Waals surface area contributed by atoms with Crippen LogP contribution in [-0.4, -0.2) is 59.0 Å². The second-order valence-corrected chi connectivity index (χ2v) is 21.3. The molecular formula is C45H74N2O6. The first-order chi connectivity index (χ1) is 24.7. The zero-order chi connectivity index (χ0) is 38.8. The van der Waals surface area contributed by atoms with Gasteiger partial charge in [-0.1, -0.05) is 54.9 Å². The van der Waals surface area contributed by atoms with Gasteiger partial charge in [0.25, 0.3) is 0 Å². The number of amides is 2. The minimum absolute atomic E-state index is 0.0186. The highest BCUT2D eigenvalue weighted by molar-refractivity contribution is 5.84. The van der Waals surface area contributed by atoms with Gasteiger partial charge in [-0.3, -0.25) is 19.2 Å². The summed E-state index contributed by atoms with van der Waals surface area (Å²) in [6, 6.07) is 0.0186. The number of hydrogen-bond donors (Lipinski definition) is 2. The monoisotopic (exact) mass is 739 g/mol. The molecule has 2 N–H and O–H groups in total. The number of nitrogens with one attached hydrogen (secondary N) is 1. The van der Waals surface area contributed by atoms with Crippen molar-refractivity contribution in [1.29, 1.82) is 0 Å². The molecule has 0 radical (unpaired) electrons. The predicted molar refractivity (Wildman–Crippen MR) is 208 cm³/mol. The van der Waals surface area contributed by atoms with Crippen LogP contribution in [0.5, 0.6) is 0 Å². The van der Waals surface area contributed by atoms with Crippen molar-refractivity contribution in [3.05, 3.63) is 0 Å². The summed E-state index contributed by atoms with van der Waals surface area (Å²) in [6.45, 7) is 21.7. The molecule has 6 fully saturated rings. The lowest BCUT2D eigenvalue weighted by molar-refractivity contribution is -0.247. The van der Waals surface area contributed by atoms with Crippen LogP contribution in [0.4, 0.5) is 0 Å². The summed E-state index contributed by atoms with van der Waals surface area (Å²) < 4.78 is 6.17. The first-order valence-corrected chi connectivity index (χ1v) is 21.7. The molecule has 6 aliphatic rings. The van der Waals surface area contributed by atoms with Crippen LogP contribution in [0.1, 0.15) is 171 Å². The molecule has 1 saturated heterocycles. The van der Waals surface area contributed by atoms with E-state index in [-0.39, 0.29) is 63.4 Å². The normalized spacial score (nSPS) is 39.9. The fraction of sp³-hybridized carbons (Fsp3) is 0.911. The van der Waals surface area contributed by atoms with Gasteiger partial charge in [-0.05, 0) is 150 Å². The van der Waals surface area contributed by atoms with E-state index in [0.717, 1.165) is 90.1 Å². The highest BCUT2D eigenvalue weighted by atomic mass is 16.5. The van der Waals surface area contributed by atoms with E-state index in [1.54, 1.807) is 13.8 Å². The van der Waals surface area contributed by atoms with Crippen molar-refractivity contribution < 1.29 is 29.0 Å². The maximum absolute atomic E-state index is 14.7. The van der Waals surface area contributed by atoms with Gasteiger partial charge in [-0.2, -0.15) is 0 Å². The lowest BCUT2D eigenvalue weighted by Gasteiger charge is -2.72. The van der Waals surface area contributed by atoms with Crippen molar-refractivity contribution in [2.75, 3.05) is 13.1 Å². The van der Waals surface area contributed by atoms with Crippen molar-refractivity contribution in [3.8, 4) is 0 Å². The summed E-state index contributed by atoms with van der Waals surface area (Å²) in [5, 5.41) is 13.2. The minimum atomic E-state index is -1.15. The van der Waals surface area contributed by atoms with E-state index in [1.165, 1.54) is 19.3 Å². The van der Waals surface area contributed by atoms with E-state index in [9.17, 15) is 24.3 Å². The molecule has 8 nitrogen and oxygen atoms in total. The molecule has 0 aromatic rings. The Morgan fingerprint density at radius 3 is 2.15 bits per heavy atom. The van der Waals surface area contributed by atoms with E-state index < -0.39 is 17.4 Å². The molecule has 10 atom stereocenters. The number of carboxylic acids is 1. The molecule has 1 heterocycles. The van der Waals surface area contributed by atoms with Gasteiger partial charge in [-0.25, -0.2) is 0 Å². The zero-order valence-corrected chi connectivity index (χ0v) is 34.9. The molecule has 1 aliphatic heterocycles. The number of carbonyl (C=O) groups excluding carboxylic acids is 3. The maximum Gasteiger partial charge on any atom is 0.309 e.